The molecule has 0 bridgehead atoms. The Balaban J connectivity index is 1.20. The summed E-state index contributed by atoms with van der Waals surface area (Å²) in [7, 11) is 0. The lowest BCUT2D eigenvalue weighted by atomic mass is 9.97. The quantitative estimate of drug-likeness (QED) is 0.190. The number of pyridine rings is 1. The summed E-state index contributed by atoms with van der Waals surface area (Å²) < 4.78 is 6.53. The van der Waals surface area contributed by atoms with Gasteiger partial charge < -0.3 is 4.42 Å². The van der Waals surface area contributed by atoms with Crippen LogP contribution < -0.4 is 0 Å². The molecular weight excluding hydrogens is 574 g/mol. The fraction of sp³-hybridized carbons (Fsp3) is 0. The number of furan rings is 1. The fourth-order valence-corrected chi connectivity index (χ4v) is 7.00. The number of rotatable bonds is 3. The van der Waals surface area contributed by atoms with Crippen LogP contribution in [0.15, 0.2) is 156 Å². The van der Waals surface area contributed by atoms with Gasteiger partial charge in [-0.05, 0) is 47.2 Å². The smallest absolute Gasteiger partial charge is 0.160 e. The van der Waals surface area contributed by atoms with Gasteiger partial charge in [-0.3, -0.25) is 0 Å². The molecule has 0 saturated heterocycles. The third kappa shape index (κ3) is 4.05. The van der Waals surface area contributed by atoms with Crippen molar-refractivity contribution in [2.75, 3.05) is 0 Å². The molecule has 3 aromatic heterocycles. The van der Waals surface area contributed by atoms with Crippen LogP contribution in [0, 0.1) is 0 Å². The molecule has 47 heavy (non-hydrogen) atoms. The van der Waals surface area contributed by atoms with Crippen LogP contribution in [0.2, 0.25) is 0 Å². The van der Waals surface area contributed by atoms with Gasteiger partial charge in [0.25, 0.3) is 0 Å². The van der Waals surface area contributed by atoms with Crippen molar-refractivity contribution in [2.45, 2.75) is 0 Å². The van der Waals surface area contributed by atoms with Crippen LogP contribution in [0.4, 0.5) is 0 Å². The molecule has 10 aromatic rings. The molecule has 4 nitrogen and oxygen atoms in total. The zero-order valence-electron chi connectivity index (χ0n) is 25.2. The molecule has 4 heteroatoms. The van der Waals surface area contributed by atoms with E-state index in [4.69, 9.17) is 19.4 Å². The highest BCUT2D eigenvalue weighted by atomic mass is 16.3. The van der Waals surface area contributed by atoms with Crippen LogP contribution in [0.25, 0.3) is 99.2 Å². The fourth-order valence-electron chi connectivity index (χ4n) is 7.00. The van der Waals surface area contributed by atoms with Crippen molar-refractivity contribution in [3.63, 3.8) is 0 Å². The van der Waals surface area contributed by atoms with Gasteiger partial charge in [0.15, 0.2) is 5.82 Å². The number of nitrogens with zero attached hydrogens (tertiary/aromatic N) is 3. The minimum atomic E-state index is 0.679. The molecule has 0 saturated carbocycles. The van der Waals surface area contributed by atoms with Gasteiger partial charge in [-0.2, -0.15) is 0 Å². The number of hydrogen-bond acceptors (Lipinski definition) is 4. The zero-order chi connectivity index (χ0) is 30.9. The van der Waals surface area contributed by atoms with E-state index >= 15 is 0 Å². The van der Waals surface area contributed by atoms with Crippen LogP contribution in [0.5, 0.6) is 0 Å². The highest BCUT2D eigenvalue weighted by molar-refractivity contribution is 6.24. The second kappa shape index (κ2) is 10.1. The maximum absolute atomic E-state index is 6.53. The van der Waals surface area contributed by atoms with Crippen LogP contribution >= 0.6 is 0 Å². The Morgan fingerprint density at radius 3 is 1.94 bits per heavy atom. The van der Waals surface area contributed by atoms with E-state index in [1.165, 1.54) is 10.8 Å². The predicted molar refractivity (Wildman–Crippen MR) is 193 cm³/mol. The van der Waals surface area contributed by atoms with E-state index in [0.717, 1.165) is 82.6 Å². The summed E-state index contributed by atoms with van der Waals surface area (Å²) in [6, 6.07) is 52.5. The first-order valence-corrected chi connectivity index (χ1v) is 15.8. The van der Waals surface area contributed by atoms with Gasteiger partial charge in [-0.1, -0.05) is 115 Å². The molecule has 0 unspecified atom stereocenters. The van der Waals surface area contributed by atoms with Crippen molar-refractivity contribution < 1.29 is 4.42 Å². The molecule has 0 atom stereocenters. The molecule has 10 rings (SSSR count). The number of aromatic nitrogens is 3. The first-order chi connectivity index (χ1) is 23.3. The van der Waals surface area contributed by atoms with Crippen LogP contribution in [0.3, 0.4) is 0 Å². The molecule has 218 valence electrons. The Labute approximate surface area is 269 Å². The average Bonchev–Trinajstić information content (AvgIpc) is 3.53. The lowest BCUT2D eigenvalue weighted by molar-refractivity contribution is 0.673. The second-order valence-electron chi connectivity index (χ2n) is 12.0. The SMILES string of the molecule is c1cc(-c2nc(-c3ccc4ccccc4c3)c3ccccc3n2)cc(-c2nc3ccccc3c3c2ccc2c4ccccc4oc23)c1. The van der Waals surface area contributed by atoms with Crippen molar-refractivity contribution in [3.05, 3.63) is 152 Å². The molecule has 0 aliphatic heterocycles. The van der Waals surface area contributed by atoms with Crippen molar-refractivity contribution in [1.82, 2.24) is 15.0 Å². The predicted octanol–water partition coefficient (Wildman–Crippen LogP) is 11.4. The summed E-state index contributed by atoms with van der Waals surface area (Å²) in [5.41, 5.74) is 8.42. The van der Waals surface area contributed by atoms with Gasteiger partial charge in [0, 0.05) is 49.0 Å². The number of benzene rings is 7. The van der Waals surface area contributed by atoms with Crippen LogP contribution in [-0.4, -0.2) is 15.0 Å². The van der Waals surface area contributed by atoms with E-state index in [2.05, 4.69) is 121 Å². The molecule has 0 amide bonds. The Morgan fingerprint density at radius 1 is 0.383 bits per heavy atom. The zero-order valence-corrected chi connectivity index (χ0v) is 25.2. The largest absolute Gasteiger partial charge is 0.455 e. The molecule has 0 N–H and O–H groups in total. The molecule has 0 spiro atoms. The Morgan fingerprint density at radius 2 is 1.04 bits per heavy atom. The summed E-state index contributed by atoms with van der Waals surface area (Å²) in [5, 5.41) is 8.83. The average molecular weight is 600 g/mol. The second-order valence-corrected chi connectivity index (χ2v) is 12.0. The third-order valence-corrected chi connectivity index (χ3v) is 9.23. The van der Waals surface area contributed by atoms with Gasteiger partial charge in [0.1, 0.15) is 11.2 Å². The number of hydrogen-bond donors (Lipinski definition) is 0. The maximum atomic E-state index is 6.53. The first-order valence-electron chi connectivity index (χ1n) is 15.8. The van der Waals surface area contributed by atoms with Gasteiger partial charge in [-0.25, -0.2) is 15.0 Å². The van der Waals surface area contributed by atoms with Crippen molar-refractivity contribution in [3.8, 4) is 33.9 Å². The van der Waals surface area contributed by atoms with E-state index in [0.29, 0.717) is 5.82 Å². The van der Waals surface area contributed by atoms with Gasteiger partial charge in [0.2, 0.25) is 0 Å². The minimum absolute atomic E-state index is 0.679. The molecule has 3 heterocycles. The normalized spacial score (nSPS) is 11.8. The van der Waals surface area contributed by atoms with E-state index in [-0.39, 0.29) is 0 Å². The van der Waals surface area contributed by atoms with Crippen molar-refractivity contribution >= 4 is 65.3 Å². The topological polar surface area (TPSA) is 51.8 Å². The highest BCUT2D eigenvalue weighted by Gasteiger charge is 2.18. The Bertz CT molecular complexity index is 2870. The van der Waals surface area contributed by atoms with E-state index < -0.39 is 0 Å². The third-order valence-electron chi connectivity index (χ3n) is 9.23. The number of fused-ring (bicyclic) bond motifs is 9. The summed E-state index contributed by atoms with van der Waals surface area (Å²) in [5.74, 6) is 0.679. The summed E-state index contributed by atoms with van der Waals surface area (Å²) >= 11 is 0. The van der Waals surface area contributed by atoms with Crippen molar-refractivity contribution in [1.29, 1.82) is 0 Å². The van der Waals surface area contributed by atoms with E-state index in [1.54, 1.807) is 0 Å². The summed E-state index contributed by atoms with van der Waals surface area (Å²) in [6.07, 6.45) is 0. The van der Waals surface area contributed by atoms with Gasteiger partial charge in [0.05, 0.1) is 22.4 Å². The molecule has 0 aliphatic rings. The Kier molecular flexibility index (Phi) is 5.54. The Hall–Kier alpha value is -6.39. The first kappa shape index (κ1) is 25.9. The number of para-hydroxylation sites is 3. The van der Waals surface area contributed by atoms with E-state index in [1.807, 2.05) is 30.3 Å². The van der Waals surface area contributed by atoms with E-state index in [9.17, 15) is 0 Å². The molecule has 0 aliphatic carbocycles. The minimum Gasteiger partial charge on any atom is -0.455 e. The molecule has 0 radical (unpaired) electrons. The standard InChI is InChI=1S/C43H25N3O/c1-2-11-27-24-29(21-20-26(27)10-1)40-34-16-4-7-18-37(34)45-43(46-40)30-13-9-12-28(25-30)41-35-23-22-32-31-14-5-8-19-38(31)47-42(32)39(35)33-15-3-6-17-36(33)44-41/h1-25H. The lowest BCUT2D eigenvalue weighted by Crippen LogP contribution is -1.96. The lowest BCUT2D eigenvalue weighted by Gasteiger charge is -2.13. The van der Waals surface area contributed by atoms with Crippen LogP contribution in [-0.2, 0) is 0 Å². The maximum Gasteiger partial charge on any atom is 0.160 e. The molecule has 0 fully saturated rings. The van der Waals surface area contributed by atoms with Crippen molar-refractivity contribution in [2.24, 2.45) is 0 Å². The molecular formula is C43H25N3O. The highest BCUT2D eigenvalue weighted by Crippen LogP contribution is 2.41. The summed E-state index contributed by atoms with van der Waals surface area (Å²) in [4.78, 5) is 15.5. The molecule has 7 aromatic carbocycles. The monoisotopic (exact) mass is 599 g/mol. The van der Waals surface area contributed by atoms with Gasteiger partial charge >= 0.3 is 0 Å². The van der Waals surface area contributed by atoms with Crippen LogP contribution in [0.1, 0.15) is 0 Å². The van der Waals surface area contributed by atoms with Gasteiger partial charge in [-0.15, -0.1) is 0 Å². The summed E-state index contributed by atoms with van der Waals surface area (Å²) in [6.45, 7) is 0.